The summed E-state index contributed by atoms with van der Waals surface area (Å²) in [6.07, 6.45) is 20.1. The number of carbonyl (C=O) groups is 3. The second-order valence-corrected chi connectivity index (χ2v) is 15.5. The van der Waals surface area contributed by atoms with Gasteiger partial charge in [0.2, 0.25) is 0 Å². The van der Waals surface area contributed by atoms with Gasteiger partial charge in [0, 0.05) is 12.8 Å². The first-order valence-corrected chi connectivity index (χ1v) is 21.5. The van der Waals surface area contributed by atoms with Crippen molar-refractivity contribution in [2.75, 3.05) is 13.2 Å². The van der Waals surface area contributed by atoms with Gasteiger partial charge in [0.15, 0.2) is 18.5 Å². The molecule has 1 saturated heterocycles. The van der Waals surface area contributed by atoms with Crippen molar-refractivity contribution in [2.45, 2.75) is 231 Å². The molecule has 0 aromatic heterocycles. The minimum Gasteiger partial charge on any atom is -0.479 e. The second-order valence-electron chi connectivity index (χ2n) is 15.5. The Hall–Kier alpha value is -1.79. The van der Waals surface area contributed by atoms with Crippen LogP contribution in [0.1, 0.15) is 194 Å². The molecule has 312 valence electrons. The van der Waals surface area contributed by atoms with Gasteiger partial charge in [0.05, 0.1) is 6.61 Å². The number of aliphatic hydroxyl groups is 3. The van der Waals surface area contributed by atoms with E-state index in [-0.39, 0.29) is 26.1 Å². The Morgan fingerprint density at radius 1 is 0.566 bits per heavy atom. The van der Waals surface area contributed by atoms with Gasteiger partial charge in [-0.05, 0) is 18.8 Å². The molecule has 1 aliphatic heterocycles. The third kappa shape index (κ3) is 25.1. The van der Waals surface area contributed by atoms with Crippen LogP contribution < -0.4 is 0 Å². The van der Waals surface area contributed by atoms with Crippen molar-refractivity contribution < 1.29 is 53.8 Å². The van der Waals surface area contributed by atoms with Crippen LogP contribution in [-0.4, -0.2) is 88.4 Å². The molecule has 0 bridgehead atoms. The molecule has 1 unspecified atom stereocenters. The lowest BCUT2D eigenvalue weighted by Gasteiger charge is -2.38. The molecule has 0 aromatic rings. The second kappa shape index (κ2) is 32.5. The van der Waals surface area contributed by atoms with Crippen molar-refractivity contribution in [3.05, 3.63) is 0 Å². The lowest BCUT2D eigenvalue weighted by Crippen LogP contribution is -2.60. The minimum atomic E-state index is -1.86. The highest BCUT2D eigenvalue weighted by Gasteiger charge is 2.47. The van der Waals surface area contributed by atoms with Gasteiger partial charge in [0.25, 0.3) is 0 Å². The SMILES string of the molecule is CCCCCCCCCCCCCCC(=O)O[C@H](COC(=O)CCCCCCCC(C)CCCCCCCC)CO[C@@H]1O[C@H](C(=O)O)[C@@H](O)[C@H](O)[C@H]1O. The van der Waals surface area contributed by atoms with Crippen LogP contribution in [0.25, 0.3) is 0 Å². The highest BCUT2D eigenvalue weighted by atomic mass is 16.7. The van der Waals surface area contributed by atoms with E-state index < -0.39 is 54.7 Å². The van der Waals surface area contributed by atoms with E-state index in [4.69, 9.17) is 18.9 Å². The Morgan fingerprint density at radius 2 is 1.00 bits per heavy atom. The fraction of sp³-hybridized carbons (Fsp3) is 0.929. The number of esters is 2. The van der Waals surface area contributed by atoms with E-state index in [9.17, 15) is 34.8 Å². The molecule has 0 saturated carbocycles. The molecule has 0 amide bonds. The number of carbonyl (C=O) groups excluding carboxylic acids is 2. The Kier molecular flexibility index (Phi) is 30.1. The number of unbranched alkanes of at least 4 members (excludes halogenated alkanes) is 20. The molecule has 4 N–H and O–H groups in total. The average molecular weight is 759 g/mol. The fourth-order valence-electron chi connectivity index (χ4n) is 6.83. The predicted octanol–water partition coefficient (Wildman–Crippen LogP) is 8.56. The standard InChI is InChI=1S/C42H78O11/c1-4-6-8-10-12-13-14-15-16-17-21-26-30-36(44)52-34(32-51-42-39(47)37(45)38(46)40(53-42)41(48)49)31-50-35(43)29-25-22-18-20-24-28-33(3)27-23-19-11-9-7-5-2/h33-34,37-40,42,45-47H,4-32H2,1-3H3,(H,48,49)/t33?,34-,37+,38+,39-,40+,42-/m1/s1. The normalized spacial score (nSPS) is 21.3. The first-order valence-electron chi connectivity index (χ1n) is 21.5. The summed E-state index contributed by atoms with van der Waals surface area (Å²) in [7, 11) is 0. The number of hydrogen-bond acceptors (Lipinski definition) is 10. The monoisotopic (exact) mass is 759 g/mol. The summed E-state index contributed by atoms with van der Waals surface area (Å²) < 4.78 is 21.7. The minimum absolute atomic E-state index is 0.189. The molecule has 1 aliphatic rings. The Labute approximate surface area is 321 Å². The van der Waals surface area contributed by atoms with Gasteiger partial charge < -0.3 is 39.4 Å². The molecule has 7 atom stereocenters. The zero-order valence-corrected chi connectivity index (χ0v) is 33.7. The van der Waals surface area contributed by atoms with Gasteiger partial charge >= 0.3 is 17.9 Å². The maximum Gasteiger partial charge on any atom is 0.335 e. The van der Waals surface area contributed by atoms with Crippen LogP contribution in [0.15, 0.2) is 0 Å². The number of ether oxygens (including phenoxy) is 4. The lowest BCUT2D eigenvalue weighted by atomic mass is 9.96. The van der Waals surface area contributed by atoms with Gasteiger partial charge in [-0.25, -0.2) is 4.79 Å². The van der Waals surface area contributed by atoms with Crippen molar-refractivity contribution >= 4 is 17.9 Å². The van der Waals surface area contributed by atoms with Crippen molar-refractivity contribution in [1.29, 1.82) is 0 Å². The molecule has 53 heavy (non-hydrogen) atoms. The number of carboxylic acid groups (broad SMARTS) is 1. The third-order valence-electron chi connectivity index (χ3n) is 10.4. The molecule has 0 spiro atoms. The quantitative estimate of drug-likeness (QED) is 0.0361. The van der Waals surface area contributed by atoms with Gasteiger partial charge in [-0.3, -0.25) is 9.59 Å². The molecule has 11 nitrogen and oxygen atoms in total. The zero-order chi connectivity index (χ0) is 39.1. The smallest absolute Gasteiger partial charge is 0.335 e. The number of rotatable bonds is 35. The molecule has 0 aromatic carbocycles. The Balaban J connectivity index is 2.42. The first kappa shape index (κ1) is 49.2. The summed E-state index contributed by atoms with van der Waals surface area (Å²) in [4.78, 5) is 36.8. The number of carboxylic acids is 1. The van der Waals surface area contributed by atoms with Crippen LogP contribution in [0, 0.1) is 5.92 Å². The van der Waals surface area contributed by atoms with Gasteiger partial charge in [0.1, 0.15) is 24.9 Å². The van der Waals surface area contributed by atoms with Crippen LogP contribution in [0.2, 0.25) is 0 Å². The summed E-state index contributed by atoms with van der Waals surface area (Å²) in [6.45, 7) is 6.16. The largest absolute Gasteiger partial charge is 0.479 e. The van der Waals surface area contributed by atoms with E-state index in [2.05, 4.69) is 20.8 Å². The fourth-order valence-corrected chi connectivity index (χ4v) is 6.83. The molecular formula is C42H78O11. The molecule has 1 heterocycles. The van der Waals surface area contributed by atoms with Crippen LogP contribution in [0.3, 0.4) is 0 Å². The van der Waals surface area contributed by atoms with Crippen molar-refractivity contribution in [1.82, 2.24) is 0 Å². The van der Waals surface area contributed by atoms with Crippen molar-refractivity contribution in [2.24, 2.45) is 5.92 Å². The molecule has 0 aliphatic carbocycles. The molecule has 0 radical (unpaired) electrons. The summed E-state index contributed by atoms with van der Waals surface area (Å²) in [6, 6.07) is 0. The summed E-state index contributed by atoms with van der Waals surface area (Å²) in [5, 5.41) is 39.7. The molecule has 1 rings (SSSR count). The highest BCUT2D eigenvalue weighted by molar-refractivity contribution is 5.73. The Bertz CT molecular complexity index is 916. The van der Waals surface area contributed by atoms with E-state index in [1.807, 2.05) is 0 Å². The number of aliphatic hydroxyl groups excluding tert-OH is 3. The van der Waals surface area contributed by atoms with Gasteiger partial charge in [-0.2, -0.15) is 0 Å². The Morgan fingerprint density at radius 3 is 1.47 bits per heavy atom. The van der Waals surface area contributed by atoms with E-state index in [1.165, 1.54) is 109 Å². The lowest BCUT2D eigenvalue weighted by molar-refractivity contribution is -0.298. The topological polar surface area (TPSA) is 169 Å². The van der Waals surface area contributed by atoms with Crippen LogP contribution in [0.4, 0.5) is 0 Å². The maximum absolute atomic E-state index is 12.7. The van der Waals surface area contributed by atoms with E-state index in [0.717, 1.165) is 44.4 Å². The van der Waals surface area contributed by atoms with Crippen LogP contribution >= 0.6 is 0 Å². The van der Waals surface area contributed by atoms with Crippen molar-refractivity contribution in [3.8, 4) is 0 Å². The van der Waals surface area contributed by atoms with Crippen LogP contribution in [-0.2, 0) is 33.3 Å². The predicted molar refractivity (Wildman–Crippen MR) is 206 cm³/mol. The first-order chi connectivity index (χ1) is 25.6. The van der Waals surface area contributed by atoms with E-state index in [1.54, 1.807) is 0 Å². The van der Waals surface area contributed by atoms with Gasteiger partial charge in [-0.1, -0.05) is 168 Å². The zero-order valence-electron chi connectivity index (χ0n) is 33.7. The average Bonchev–Trinajstić information content (AvgIpc) is 3.13. The highest BCUT2D eigenvalue weighted by Crippen LogP contribution is 2.23. The summed E-state index contributed by atoms with van der Waals surface area (Å²) in [5.41, 5.74) is 0. The maximum atomic E-state index is 12.7. The molecular weight excluding hydrogens is 680 g/mol. The molecule has 11 heteroatoms. The molecule has 1 fully saturated rings. The summed E-state index contributed by atoms with van der Waals surface area (Å²) >= 11 is 0. The van der Waals surface area contributed by atoms with Gasteiger partial charge in [-0.15, -0.1) is 0 Å². The van der Waals surface area contributed by atoms with E-state index in [0.29, 0.717) is 12.8 Å². The van der Waals surface area contributed by atoms with E-state index >= 15 is 0 Å². The van der Waals surface area contributed by atoms with Crippen LogP contribution in [0.5, 0.6) is 0 Å². The van der Waals surface area contributed by atoms with Crippen molar-refractivity contribution in [3.63, 3.8) is 0 Å². The number of hydrogen-bond donors (Lipinski definition) is 4. The third-order valence-corrected chi connectivity index (χ3v) is 10.4. The number of aliphatic carboxylic acids is 1. The summed E-state index contributed by atoms with van der Waals surface area (Å²) in [5.74, 6) is -1.67.